The third kappa shape index (κ3) is 2.04. The summed E-state index contributed by atoms with van der Waals surface area (Å²) in [5, 5.41) is 2.53. The predicted octanol–water partition coefficient (Wildman–Crippen LogP) is -1.02. The van der Waals surface area contributed by atoms with Crippen LogP contribution >= 0.6 is 0 Å². The molecular weight excluding hydrogens is 184 g/mol. The Kier molecular flexibility index (Phi) is 2.67. The standard InChI is InChI=1S/C9H14N2O3/c12-8-5-11(9(13)3-10-8)4-7-1-2-14-6-7/h7H,1-6H2,(H,10,12). The van der Waals surface area contributed by atoms with Gasteiger partial charge in [0.05, 0.1) is 19.7 Å². The zero-order chi connectivity index (χ0) is 9.97. The first-order chi connectivity index (χ1) is 6.75. The van der Waals surface area contributed by atoms with E-state index >= 15 is 0 Å². The van der Waals surface area contributed by atoms with Crippen molar-refractivity contribution in [3.05, 3.63) is 0 Å². The predicted molar refractivity (Wildman–Crippen MR) is 48.5 cm³/mol. The molecule has 0 radical (unpaired) electrons. The minimum absolute atomic E-state index is 0.0106. The highest BCUT2D eigenvalue weighted by molar-refractivity contribution is 5.92. The van der Waals surface area contributed by atoms with Crippen molar-refractivity contribution in [3.8, 4) is 0 Å². The van der Waals surface area contributed by atoms with Crippen molar-refractivity contribution in [2.45, 2.75) is 6.42 Å². The molecule has 78 valence electrons. The Morgan fingerprint density at radius 1 is 1.50 bits per heavy atom. The van der Waals surface area contributed by atoms with Gasteiger partial charge in [0.15, 0.2) is 0 Å². The average Bonchev–Trinajstić information content (AvgIpc) is 2.64. The molecule has 0 spiro atoms. The van der Waals surface area contributed by atoms with Crippen LogP contribution in [-0.2, 0) is 14.3 Å². The SMILES string of the molecule is O=C1CN(CC2CCOC2)C(=O)CN1. The van der Waals surface area contributed by atoms with Crippen molar-refractivity contribution in [1.29, 1.82) is 0 Å². The van der Waals surface area contributed by atoms with Crippen LogP contribution in [0.25, 0.3) is 0 Å². The van der Waals surface area contributed by atoms with Crippen molar-refractivity contribution in [1.82, 2.24) is 10.2 Å². The highest BCUT2D eigenvalue weighted by atomic mass is 16.5. The van der Waals surface area contributed by atoms with Gasteiger partial charge in [0.1, 0.15) is 0 Å². The van der Waals surface area contributed by atoms with Gasteiger partial charge in [-0.25, -0.2) is 0 Å². The van der Waals surface area contributed by atoms with Gasteiger partial charge in [0.25, 0.3) is 0 Å². The number of carbonyl (C=O) groups is 2. The van der Waals surface area contributed by atoms with E-state index in [2.05, 4.69) is 5.32 Å². The number of ether oxygens (including phenoxy) is 1. The summed E-state index contributed by atoms with van der Waals surface area (Å²) >= 11 is 0. The molecular formula is C9H14N2O3. The molecule has 2 amide bonds. The van der Waals surface area contributed by atoms with E-state index in [-0.39, 0.29) is 24.9 Å². The van der Waals surface area contributed by atoms with Gasteiger partial charge < -0.3 is 15.0 Å². The highest BCUT2D eigenvalue weighted by Gasteiger charge is 2.27. The van der Waals surface area contributed by atoms with Gasteiger partial charge in [0.2, 0.25) is 11.8 Å². The van der Waals surface area contributed by atoms with Crippen molar-refractivity contribution in [2.24, 2.45) is 5.92 Å². The topological polar surface area (TPSA) is 58.6 Å². The monoisotopic (exact) mass is 198 g/mol. The summed E-state index contributed by atoms with van der Waals surface area (Å²) in [6.07, 6.45) is 0.991. The average molecular weight is 198 g/mol. The van der Waals surface area contributed by atoms with E-state index < -0.39 is 0 Å². The summed E-state index contributed by atoms with van der Waals surface area (Å²) < 4.78 is 5.22. The Morgan fingerprint density at radius 3 is 3.07 bits per heavy atom. The smallest absolute Gasteiger partial charge is 0.242 e. The fourth-order valence-electron chi connectivity index (χ4n) is 1.81. The summed E-state index contributed by atoms with van der Waals surface area (Å²) in [6, 6.07) is 0. The molecule has 0 aliphatic carbocycles. The number of piperazine rings is 1. The highest BCUT2D eigenvalue weighted by Crippen LogP contribution is 2.14. The number of rotatable bonds is 2. The van der Waals surface area contributed by atoms with Crippen molar-refractivity contribution in [2.75, 3.05) is 32.8 Å². The summed E-state index contributed by atoms with van der Waals surface area (Å²) in [5.41, 5.74) is 0. The third-order valence-electron chi connectivity index (χ3n) is 2.63. The number of carbonyl (C=O) groups excluding carboxylic acids is 2. The third-order valence-corrected chi connectivity index (χ3v) is 2.63. The molecule has 0 aromatic rings. The lowest BCUT2D eigenvalue weighted by atomic mass is 10.1. The van der Waals surface area contributed by atoms with E-state index in [9.17, 15) is 9.59 Å². The molecule has 1 N–H and O–H groups in total. The summed E-state index contributed by atoms with van der Waals surface area (Å²) in [5.74, 6) is 0.352. The fraction of sp³-hybridized carbons (Fsp3) is 0.778. The van der Waals surface area contributed by atoms with Gasteiger partial charge in [-0.3, -0.25) is 9.59 Å². The Balaban J connectivity index is 1.88. The van der Waals surface area contributed by atoms with Crippen molar-refractivity contribution < 1.29 is 14.3 Å². The van der Waals surface area contributed by atoms with Crippen LogP contribution in [0.2, 0.25) is 0 Å². The lowest BCUT2D eigenvalue weighted by molar-refractivity contribution is -0.141. The second kappa shape index (κ2) is 3.96. The molecule has 14 heavy (non-hydrogen) atoms. The normalized spacial score (nSPS) is 28.0. The van der Waals surface area contributed by atoms with Crippen LogP contribution in [0.3, 0.4) is 0 Å². The van der Waals surface area contributed by atoms with Gasteiger partial charge in [-0.2, -0.15) is 0 Å². The molecule has 0 saturated carbocycles. The van der Waals surface area contributed by atoms with E-state index in [1.54, 1.807) is 4.90 Å². The first kappa shape index (κ1) is 9.45. The van der Waals surface area contributed by atoms with Crippen LogP contribution in [0.4, 0.5) is 0 Å². The summed E-state index contributed by atoms with van der Waals surface area (Å²) in [4.78, 5) is 24.1. The molecule has 5 nitrogen and oxygen atoms in total. The van der Waals surface area contributed by atoms with Crippen LogP contribution in [0, 0.1) is 5.92 Å². The molecule has 2 heterocycles. The maximum absolute atomic E-state index is 11.4. The first-order valence-corrected chi connectivity index (χ1v) is 4.88. The second-order valence-electron chi connectivity index (χ2n) is 3.78. The molecule has 0 aromatic heterocycles. The van der Waals surface area contributed by atoms with Crippen LogP contribution in [0.5, 0.6) is 0 Å². The Hall–Kier alpha value is -1.10. The Bertz CT molecular complexity index is 248. The molecule has 0 aromatic carbocycles. The molecule has 1 atom stereocenters. The maximum Gasteiger partial charge on any atom is 0.242 e. The zero-order valence-electron chi connectivity index (χ0n) is 7.99. The molecule has 2 fully saturated rings. The van der Waals surface area contributed by atoms with E-state index in [1.807, 2.05) is 0 Å². The zero-order valence-corrected chi connectivity index (χ0v) is 7.99. The van der Waals surface area contributed by atoms with Gasteiger partial charge in [-0.1, -0.05) is 0 Å². The summed E-state index contributed by atoms with van der Waals surface area (Å²) in [7, 11) is 0. The van der Waals surface area contributed by atoms with Gasteiger partial charge in [-0.15, -0.1) is 0 Å². The minimum Gasteiger partial charge on any atom is -0.381 e. The lowest BCUT2D eigenvalue weighted by Gasteiger charge is -2.28. The molecule has 2 rings (SSSR count). The second-order valence-corrected chi connectivity index (χ2v) is 3.78. The fourth-order valence-corrected chi connectivity index (χ4v) is 1.81. The van der Waals surface area contributed by atoms with Crippen LogP contribution < -0.4 is 5.32 Å². The van der Waals surface area contributed by atoms with E-state index in [0.29, 0.717) is 19.1 Å². The van der Waals surface area contributed by atoms with Crippen LogP contribution in [-0.4, -0.2) is 49.6 Å². The molecule has 2 aliphatic heterocycles. The van der Waals surface area contributed by atoms with Crippen LogP contribution in [0.15, 0.2) is 0 Å². The molecule has 2 saturated heterocycles. The largest absolute Gasteiger partial charge is 0.381 e. The molecule has 2 aliphatic rings. The van der Waals surface area contributed by atoms with Gasteiger partial charge in [-0.05, 0) is 6.42 Å². The van der Waals surface area contributed by atoms with Gasteiger partial charge in [0, 0.05) is 19.1 Å². The number of amides is 2. The van der Waals surface area contributed by atoms with Gasteiger partial charge >= 0.3 is 0 Å². The number of nitrogens with one attached hydrogen (secondary N) is 1. The number of nitrogens with zero attached hydrogens (tertiary/aromatic N) is 1. The maximum atomic E-state index is 11.4. The first-order valence-electron chi connectivity index (χ1n) is 4.88. The Morgan fingerprint density at radius 2 is 2.36 bits per heavy atom. The Labute approximate surface area is 82.4 Å². The lowest BCUT2D eigenvalue weighted by Crippen LogP contribution is -2.52. The van der Waals surface area contributed by atoms with E-state index in [1.165, 1.54) is 0 Å². The summed E-state index contributed by atoms with van der Waals surface area (Å²) in [6.45, 7) is 2.50. The van der Waals surface area contributed by atoms with E-state index in [0.717, 1.165) is 13.0 Å². The molecule has 0 bridgehead atoms. The number of hydrogen-bond donors (Lipinski definition) is 1. The number of hydrogen-bond acceptors (Lipinski definition) is 3. The van der Waals surface area contributed by atoms with E-state index in [4.69, 9.17) is 4.74 Å². The minimum atomic E-state index is -0.0662. The van der Waals surface area contributed by atoms with Crippen LogP contribution in [0.1, 0.15) is 6.42 Å². The quantitative estimate of drug-likeness (QED) is 0.618. The van der Waals surface area contributed by atoms with Crippen molar-refractivity contribution >= 4 is 11.8 Å². The molecule has 1 unspecified atom stereocenters. The molecule has 5 heteroatoms. The van der Waals surface area contributed by atoms with Crippen molar-refractivity contribution in [3.63, 3.8) is 0 Å².